The molecule has 1 aromatic carbocycles. The Bertz CT molecular complexity index is 561. The van der Waals surface area contributed by atoms with Crippen molar-refractivity contribution in [2.45, 2.75) is 50.2 Å². The van der Waals surface area contributed by atoms with E-state index < -0.39 is 0 Å². The van der Waals surface area contributed by atoms with Crippen LogP contribution in [0.2, 0.25) is 0 Å². The molecule has 1 aliphatic carbocycles. The van der Waals surface area contributed by atoms with Gasteiger partial charge in [0.25, 0.3) is 5.91 Å². The number of rotatable bonds is 3. The number of piperazine rings is 1. The van der Waals surface area contributed by atoms with Crippen LogP contribution in [0.3, 0.4) is 0 Å². The average molecular weight is 306 g/mol. The van der Waals surface area contributed by atoms with Gasteiger partial charge in [-0.25, -0.2) is 4.39 Å². The molecule has 4 N–H and O–H groups in total. The van der Waals surface area contributed by atoms with Gasteiger partial charge in [-0.3, -0.25) is 9.59 Å². The van der Waals surface area contributed by atoms with Crippen molar-refractivity contribution in [1.82, 2.24) is 5.32 Å². The van der Waals surface area contributed by atoms with Gasteiger partial charge in [-0.2, -0.15) is 0 Å². The Morgan fingerprint density at radius 1 is 1.27 bits per heavy atom. The Labute approximate surface area is 128 Å². The van der Waals surface area contributed by atoms with E-state index in [2.05, 4.69) is 10.6 Å². The number of carbonyl (C=O) groups excluding carboxylic acids is 2. The van der Waals surface area contributed by atoms with Crippen LogP contribution in [0.4, 0.5) is 10.1 Å². The predicted molar refractivity (Wildman–Crippen MR) is 79.5 cm³/mol. The van der Waals surface area contributed by atoms with Gasteiger partial charge in [0.15, 0.2) is 6.04 Å². The second-order valence-corrected chi connectivity index (χ2v) is 6.12. The number of fused-ring (bicyclic) bond motifs is 1. The van der Waals surface area contributed by atoms with Gasteiger partial charge >= 0.3 is 0 Å². The van der Waals surface area contributed by atoms with E-state index in [0.29, 0.717) is 11.7 Å². The third kappa shape index (κ3) is 3.44. The molecule has 5 nitrogen and oxygen atoms in total. The smallest absolute Gasteiger partial charge is 0.279 e. The maximum absolute atomic E-state index is 12.8. The van der Waals surface area contributed by atoms with Crippen molar-refractivity contribution in [1.29, 1.82) is 0 Å². The average Bonchev–Trinajstić information content (AvgIpc) is 2.50. The molecule has 1 aromatic rings. The zero-order chi connectivity index (χ0) is 15.5. The van der Waals surface area contributed by atoms with Crippen molar-refractivity contribution in [2.24, 2.45) is 0 Å². The molecule has 3 atom stereocenters. The van der Waals surface area contributed by atoms with Crippen LogP contribution in [0, 0.1) is 5.82 Å². The summed E-state index contributed by atoms with van der Waals surface area (Å²) in [5.41, 5.74) is 0.540. The molecular weight excluding hydrogens is 285 g/mol. The topological polar surface area (TPSA) is 74.8 Å². The molecule has 1 saturated heterocycles. The highest BCUT2D eigenvalue weighted by Crippen LogP contribution is 2.18. The van der Waals surface area contributed by atoms with Gasteiger partial charge in [-0.1, -0.05) is 6.42 Å². The van der Waals surface area contributed by atoms with Gasteiger partial charge in [0.2, 0.25) is 5.91 Å². The first-order valence-electron chi connectivity index (χ1n) is 7.82. The molecule has 0 aromatic heterocycles. The van der Waals surface area contributed by atoms with E-state index in [9.17, 15) is 14.0 Å². The number of quaternary nitrogens is 1. The maximum Gasteiger partial charge on any atom is 0.279 e. The summed E-state index contributed by atoms with van der Waals surface area (Å²) >= 11 is 0. The van der Waals surface area contributed by atoms with Crippen LogP contribution >= 0.6 is 0 Å². The summed E-state index contributed by atoms with van der Waals surface area (Å²) < 4.78 is 12.8. The van der Waals surface area contributed by atoms with Gasteiger partial charge in [0.05, 0.1) is 12.5 Å². The van der Waals surface area contributed by atoms with Gasteiger partial charge in [-0.15, -0.1) is 0 Å². The molecular formula is C16H21FN3O2+. The molecule has 0 radical (unpaired) electrons. The van der Waals surface area contributed by atoms with E-state index in [1.807, 2.05) is 5.32 Å². The number of benzene rings is 1. The minimum Gasteiger partial charge on any atom is -0.342 e. The van der Waals surface area contributed by atoms with Gasteiger partial charge < -0.3 is 16.0 Å². The van der Waals surface area contributed by atoms with E-state index in [4.69, 9.17) is 0 Å². The normalized spacial score (nSPS) is 27.7. The van der Waals surface area contributed by atoms with E-state index in [1.165, 1.54) is 30.7 Å². The van der Waals surface area contributed by atoms with Crippen LogP contribution in [-0.4, -0.2) is 29.9 Å². The third-order valence-corrected chi connectivity index (χ3v) is 4.50. The zero-order valence-corrected chi connectivity index (χ0v) is 12.3. The summed E-state index contributed by atoms with van der Waals surface area (Å²) in [5.74, 6) is -0.629. The second kappa shape index (κ2) is 6.44. The van der Waals surface area contributed by atoms with Crippen LogP contribution in [0.1, 0.15) is 32.1 Å². The molecule has 0 bridgehead atoms. The van der Waals surface area contributed by atoms with Crippen molar-refractivity contribution in [2.75, 3.05) is 5.32 Å². The lowest BCUT2D eigenvalue weighted by Gasteiger charge is -2.37. The van der Waals surface area contributed by atoms with E-state index >= 15 is 0 Å². The quantitative estimate of drug-likeness (QED) is 0.762. The lowest BCUT2D eigenvalue weighted by atomic mass is 9.87. The highest BCUT2D eigenvalue weighted by molar-refractivity contribution is 5.95. The molecule has 3 rings (SSSR count). The predicted octanol–water partition coefficient (Wildman–Crippen LogP) is 0.527. The maximum atomic E-state index is 12.8. The molecule has 2 aliphatic rings. The monoisotopic (exact) mass is 306 g/mol. The van der Waals surface area contributed by atoms with Crippen molar-refractivity contribution < 1.29 is 19.3 Å². The Balaban J connectivity index is 1.56. The first-order valence-corrected chi connectivity index (χ1v) is 7.82. The highest BCUT2D eigenvalue weighted by atomic mass is 19.1. The minimum atomic E-state index is -0.375. The van der Waals surface area contributed by atoms with Crippen molar-refractivity contribution >= 4 is 17.5 Å². The van der Waals surface area contributed by atoms with E-state index in [0.717, 1.165) is 19.3 Å². The van der Waals surface area contributed by atoms with Crippen LogP contribution in [0.25, 0.3) is 0 Å². The molecule has 1 heterocycles. The summed E-state index contributed by atoms with van der Waals surface area (Å²) in [7, 11) is 0. The second-order valence-electron chi connectivity index (χ2n) is 6.12. The van der Waals surface area contributed by atoms with Crippen LogP contribution in [0.5, 0.6) is 0 Å². The van der Waals surface area contributed by atoms with Crippen molar-refractivity contribution in [3.8, 4) is 0 Å². The summed E-state index contributed by atoms with van der Waals surface area (Å²) in [4.78, 5) is 24.2. The number of anilines is 1. The summed E-state index contributed by atoms with van der Waals surface area (Å²) in [6.45, 7) is 0. The SMILES string of the molecule is O=C(C[C@H]1[NH2+][C@H]2CCCC[C@H]2NC1=O)Nc1ccc(F)cc1. The number of nitrogens with one attached hydrogen (secondary N) is 2. The molecule has 0 unspecified atom stereocenters. The number of hydrogen-bond acceptors (Lipinski definition) is 2. The number of amides is 2. The van der Waals surface area contributed by atoms with Gasteiger partial charge in [0, 0.05) is 12.1 Å². The van der Waals surface area contributed by atoms with Gasteiger partial charge in [-0.05, 0) is 37.1 Å². The Morgan fingerprint density at radius 3 is 2.77 bits per heavy atom. The molecule has 0 spiro atoms. The first-order chi connectivity index (χ1) is 10.6. The fourth-order valence-electron chi connectivity index (χ4n) is 3.35. The minimum absolute atomic E-state index is 0.0580. The third-order valence-electron chi connectivity index (χ3n) is 4.50. The summed E-state index contributed by atoms with van der Waals surface area (Å²) in [5, 5.41) is 7.80. The number of carbonyl (C=O) groups is 2. The molecule has 1 saturated carbocycles. The lowest BCUT2D eigenvalue weighted by molar-refractivity contribution is -0.718. The Kier molecular flexibility index (Phi) is 4.38. The van der Waals surface area contributed by atoms with Crippen LogP contribution in [0.15, 0.2) is 24.3 Å². The molecule has 1 aliphatic heterocycles. The Morgan fingerprint density at radius 2 is 2.00 bits per heavy atom. The first kappa shape index (κ1) is 15.0. The van der Waals surface area contributed by atoms with Crippen LogP contribution in [-0.2, 0) is 9.59 Å². The summed E-state index contributed by atoms with van der Waals surface area (Å²) in [6.07, 6.45) is 4.59. The fraction of sp³-hybridized carbons (Fsp3) is 0.500. The largest absolute Gasteiger partial charge is 0.342 e. The van der Waals surface area contributed by atoms with E-state index in [1.54, 1.807) is 0 Å². The highest BCUT2D eigenvalue weighted by Gasteiger charge is 2.40. The number of hydrogen-bond donors (Lipinski definition) is 3. The molecule has 2 fully saturated rings. The van der Waals surface area contributed by atoms with Crippen LogP contribution < -0.4 is 16.0 Å². The summed E-state index contributed by atoms with van der Waals surface area (Å²) in [6, 6.07) is 5.86. The molecule has 6 heteroatoms. The molecule has 22 heavy (non-hydrogen) atoms. The van der Waals surface area contributed by atoms with Crippen molar-refractivity contribution in [3.63, 3.8) is 0 Å². The zero-order valence-electron chi connectivity index (χ0n) is 12.3. The fourth-order valence-corrected chi connectivity index (χ4v) is 3.35. The van der Waals surface area contributed by atoms with E-state index in [-0.39, 0.29) is 36.1 Å². The van der Waals surface area contributed by atoms with Gasteiger partial charge in [0.1, 0.15) is 11.9 Å². The molecule has 118 valence electrons. The van der Waals surface area contributed by atoms with Crippen molar-refractivity contribution in [3.05, 3.63) is 30.1 Å². The number of halogens is 1. The molecule has 2 amide bonds. The Hall–Kier alpha value is -1.95. The number of nitrogens with two attached hydrogens (primary N) is 1. The lowest BCUT2D eigenvalue weighted by Crippen LogP contribution is -3.03. The standard InChI is InChI=1S/C16H20FN3O2/c17-10-5-7-11(8-6-10)18-15(21)9-14-16(22)20-13-4-2-1-3-12(13)19-14/h5-8,12-14,19H,1-4,9H2,(H,18,21)(H,20,22)/p+1/t12-,13+,14+/m0/s1.